The summed E-state index contributed by atoms with van der Waals surface area (Å²) in [6.45, 7) is 7.09. The third-order valence-corrected chi connectivity index (χ3v) is 4.81. The highest BCUT2D eigenvalue weighted by Gasteiger charge is 2.27. The molecular formula is C18H24FN3O3. The SMILES string of the molecule is Cc1ccc(F)cc1C(=O)N1CCN(C(=O)CN2CCOCC2)CC1. The third kappa shape index (κ3) is 4.35. The van der Waals surface area contributed by atoms with Crippen LogP contribution in [0.4, 0.5) is 4.39 Å². The molecule has 1 aromatic rings. The number of amides is 2. The average Bonchev–Trinajstić information content (AvgIpc) is 2.64. The van der Waals surface area contributed by atoms with E-state index in [1.807, 2.05) is 0 Å². The number of ether oxygens (including phenoxy) is 1. The molecule has 2 aliphatic rings. The smallest absolute Gasteiger partial charge is 0.254 e. The first-order chi connectivity index (χ1) is 12.0. The minimum Gasteiger partial charge on any atom is -0.379 e. The fourth-order valence-electron chi connectivity index (χ4n) is 3.20. The van der Waals surface area contributed by atoms with Crippen molar-refractivity contribution in [3.8, 4) is 0 Å². The summed E-state index contributed by atoms with van der Waals surface area (Å²) in [6.07, 6.45) is 0. The molecule has 0 N–H and O–H groups in total. The van der Waals surface area contributed by atoms with E-state index in [4.69, 9.17) is 4.74 Å². The van der Waals surface area contributed by atoms with Crippen molar-refractivity contribution in [1.82, 2.24) is 14.7 Å². The van der Waals surface area contributed by atoms with Gasteiger partial charge < -0.3 is 14.5 Å². The van der Waals surface area contributed by atoms with Gasteiger partial charge in [0.1, 0.15) is 5.82 Å². The second-order valence-corrected chi connectivity index (χ2v) is 6.52. The minimum atomic E-state index is -0.409. The maximum atomic E-state index is 13.4. The normalized spacial score (nSPS) is 19.1. The number of halogens is 1. The molecular weight excluding hydrogens is 325 g/mol. The highest BCUT2D eigenvalue weighted by atomic mass is 19.1. The van der Waals surface area contributed by atoms with Crippen molar-refractivity contribution in [1.29, 1.82) is 0 Å². The van der Waals surface area contributed by atoms with Crippen LogP contribution in [0.3, 0.4) is 0 Å². The first-order valence-corrected chi connectivity index (χ1v) is 8.68. The summed E-state index contributed by atoms with van der Waals surface area (Å²) in [5.41, 5.74) is 1.16. The van der Waals surface area contributed by atoms with Crippen LogP contribution in [0.15, 0.2) is 18.2 Å². The van der Waals surface area contributed by atoms with Crippen molar-refractivity contribution in [2.75, 3.05) is 59.0 Å². The van der Waals surface area contributed by atoms with Crippen molar-refractivity contribution >= 4 is 11.8 Å². The molecule has 136 valence electrons. The number of carbonyl (C=O) groups is 2. The molecule has 2 saturated heterocycles. The largest absolute Gasteiger partial charge is 0.379 e. The van der Waals surface area contributed by atoms with E-state index in [1.54, 1.807) is 22.8 Å². The second kappa shape index (κ2) is 7.93. The Morgan fingerprint density at radius 3 is 2.36 bits per heavy atom. The van der Waals surface area contributed by atoms with Crippen LogP contribution in [0, 0.1) is 12.7 Å². The Labute approximate surface area is 147 Å². The summed E-state index contributed by atoms with van der Waals surface area (Å²) in [5.74, 6) is -0.485. The lowest BCUT2D eigenvalue weighted by Gasteiger charge is -2.36. The zero-order valence-electron chi connectivity index (χ0n) is 14.5. The lowest BCUT2D eigenvalue weighted by atomic mass is 10.1. The van der Waals surface area contributed by atoms with Crippen LogP contribution in [0.1, 0.15) is 15.9 Å². The number of morpholine rings is 1. The summed E-state index contributed by atoms with van der Waals surface area (Å²) in [6, 6.07) is 4.26. The summed E-state index contributed by atoms with van der Waals surface area (Å²) < 4.78 is 18.7. The van der Waals surface area contributed by atoms with E-state index < -0.39 is 5.82 Å². The number of nitrogens with zero attached hydrogens (tertiary/aromatic N) is 3. The topological polar surface area (TPSA) is 53.1 Å². The Bertz CT molecular complexity index is 638. The lowest BCUT2D eigenvalue weighted by molar-refractivity contribution is -0.134. The summed E-state index contributed by atoms with van der Waals surface area (Å²) in [4.78, 5) is 30.6. The molecule has 0 spiro atoms. The van der Waals surface area contributed by atoms with Crippen LogP contribution in [0.5, 0.6) is 0 Å². The van der Waals surface area contributed by atoms with Crippen molar-refractivity contribution < 1.29 is 18.7 Å². The van der Waals surface area contributed by atoms with Crippen LogP contribution in [-0.2, 0) is 9.53 Å². The Morgan fingerprint density at radius 2 is 1.68 bits per heavy atom. The fourth-order valence-corrected chi connectivity index (χ4v) is 3.20. The highest BCUT2D eigenvalue weighted by Crippen LogP contribution is 2.15. The zero-order valence-corrected chi connectivity index (χ0v) is 14.5. The van der Waals surface area contributed by atoms with Gasteiger partial charge in [-0.25, -0.2) is 4.39 Å². The molecule has 25 heavy (non-hydrogen) atoms. The first kappa shape index (κ1) is 17.8. The Hall–Kier alpha value is -1.99. The molecule has 2 fully saturated rings. The molecule has 2 aliphatic heterocycles. The number of benzene rings is 1. The van der Waals surface area contributed by atoms with Crippen LogP contribution in [0.2, 0.25) is 0 Å². The van der Waals surface area contributed by atoms with E-state index in [9.17, 15) is 14.0 Å². The molecule has 1 aromatic carbocycles. The lowest BCUT2D eigenvalue weighted by Crippen LogP contribution is -2.53. The quantitative estimate of drug-likeness (QED) is 0.808. The van der Waals surface area contributed by atoms with Crippen LogP contribution >= 0.6 is 0 Å². The van der Waals surface area contributed by atoms with Crippen LogP contribution < -0.4 is 0 Å². The second-order valence-electron chi connectivity index (χ2n) is 6.52. The van der Waals surface area contributed by atoms with Gasteiger partial charge in [0.05, 0.1) is 19.8 Å². The van der Waals surface area contributed by atoms with E-state index in [-0.39, 0.29) is 11.8 Å². The van der Waals surface area contributed by atoms with Gasteiger partial charge in [-0.1, -0.05) is 6.07 Å². The number of aryl methyl sites for hydroxylation is 1. The standard InChI is InChI=1S/C18H24FN3O3/c1-14-2-3-15(19)12-16(14)18(24)22-6-4-21(5-7-22)17(23)13-20-8-10-25-11-9-20/h2-3,12H,4-11,13H2,1H3. The van der Waals surface area contributed by atoms with Gasteiger partial charge in [-0.3, -0.25) is 14.5 Å². The van der Waals surface area contributed by atoms with Crippen LogP contribution in [0.25, 0.3) is 0 Å². The predicted molar refractivity (Wildman–Crippen MR) is 90.9 cm³/mol. The maximum Gasteiger partial charge on any atom is 0.254 e. The van der Waals surface area contributed by atoms with Gasteiger partial charge in [0, 0.05) is 44.8 Å². The fraction of sp³-hybridized carbons (Fsp3) is 0.556. The van der Waals surface area contributed by atoms with Crippen LogP contribution in [-0.4, -0.2) is 85.5 Å². The predicted octanol–water partition coefficient (Wildman–Crippen LogP) is 0.751. The van der Waals surface area contributed by atoms with Gasteiger partial charge in [0.15, 0.2) is 0 Å². The molecule has 3 rings (SSSR count). The van der Waals surface area contributed by atoms with E-state index >= 15 is 0 Å². The molecule has 0 atom stereocenters. The van der Waals surface area contributed by atoms with Crippen molar-refractivity contribution in [2.24, 2.45) is 0 Å². The van der Waals surface area contributed by atoms with Crippen molar-refractivity contribution in [3.63, 3.8) is 0 Å². The maximum absolute atomic E-state index is 13.4. The number of rotatable bonds is 3. The summed E-state index contributed by atoms with van der Waals surface area (Å²) >= 11 is 0. The first-order valence-electron chi connectivity index (χ1n) is 8.68. The molecule has 2 amide bonds. The monoisotopic (exact) mass is 349 g/mol. The van der Waals surface area contributed by atoms with E-state index in [1.165, 1.54) is 12.1 Å². The van der Waals surface area contributed by atoms with Crippen molar-refractivity contribution in [3.05, 3.63) is 35.1 Å². The van der Waals surface area contributed by atoms with Gasteiger partial charge in [0.2, 0.25) is 5.91 Å². The number of hydrogen-bond acceptors (Lipinski definition) is 4. The molecule has 6 nitrogen and oxygen atoms in total. The van der Waals surface area contributed by atoms with Crippen molar-refractivity contribution in [2.45, 2.75) is 6.92 Å². The molecule has 0 unspecified atom stereocenters. The number of carbonyl (C=O) groups excluding carboxylic acids is 2. The van der Waals surface area contributed by atoms with Gasteiger partial charge in [0.25, 0.3) is 5.91 Å². The van der Waals surface area contributed by atoms with E-state index in [0.29, 0.717) is 51.5 Å². The van der Waals surface area contributed by atoms with Gasteiger partial charge >= 0.3 is 0 Å². The highest BCUT2D eigenvalue weighted by molar-refractivity contribution is 5.95. The summed E-state index contributed by atoms with van der Waals surface area (Å²) in [5, 5.41) is 0. The molecule has 0 radical (unpaired) electrons. The van der Waals surface area contributed by atoms with Gasteiger partial charge in [-0.2, -0.15) is 0 Å². The number of hydrogen-bond donors (Lipinski definition) is 0. The zero-order chi connectivity index (χ0) is 17.8. The molecule has 0 aliphatic carbocycles. The molecule has 2 heterocycles. The Kier molecular flexibility index (Phi) is 5.65. The Balaban J connectivity index is 1.53. The van der Waals surface area contributed by atoms with Gasteiger partial charge in [-0.15, -0.1) is 0 Å². The average molecular weight is 349 g/mol. The Morgan fingerprint density at radius 1 is 1.04 bits per heavy atom. The molecule has 0 saturated carbocycles. The molecule has 0 aromatic heterocycles. The molecule has 0 bridgehead atoms. The van der Waals surface area contributed by atoms with E-state index in [0.717, 1.165) is 18.7 Å². The molecule has 7 heteroatoms. The number of piperazine rings is 1. The van der Waals surface area contributed by atoms with E-state index in [2.05, 4.69) is 4.90 Å². The van der Waals surface area contributed by atoms with Gasteiger partial charge in [-0.05, 0) is 24.6 Å². The third-order valence-electron chi connectivity index (χ3n) is 4.81. The summed E-state index contributed by atoms with van der Waals surface area (Å²) in [7, 11) is 0. The minimum absolute atomic E-state index is 0.0935.